The van der Waals surface area contributed by atoms with Crippen molar-refractivity contribution in [1.29, 1.82) is 5.26 Å². The summed E-state index contributed by atoms with van der Waals surface area (Å²) in [4.78, 5) is 0. The maximum Gasteiger partial charge on any atom is 0.129 e. The van der Waals surface area contributed by atoms with E-state index in [1.165, 1.54) is 0 Å². The predicted octanol–water partition coefficient (Wildman–Crippen LogP) is 0.972. The highest BCUT2D eigenvalue weighted by molar-refractivity contribution is 6.24. The third kappa shape index (κ3) is 2.05. The molecule has 0 aromatic heterocycles. The van der Waals surface area contributed by atoms with Crippen molar-refractivity contribution < 1.29 is 0 Å². The number of nitriles is 1. The summed E-state index contributed by atoms with van der Waals surface area (Å²) in [5.74, 6) is 0. The average molecular weight is 90.9 g/mol. The van der Waals surface area contributed by atoms with Crippen LogP contribution in [0.15, 0.2) is 11.0 Å². The Labute approximate surface area is 45.1 Å². The normalized spacial score (nSPS) is 7.00. The zero-order valence-corrected chi connectivity index (χ0v) is 4.52. The van der Waals surface area contributed by atoms with Gasteiger partial charge in [0.25, 0.3) is 0 Å². The van der Waals surface area contributed by atoms with Crippen LogP contribution < -0.4 is 0 Å². The lowest BCUT2D eigenvalue weighted by Crippen LogP contribution is -1.77. The summed E-state index contributed by atoms with van der Waals surface area (Å²) in [6, 6.07) is 1.82. The smallest absolute Gasteiger partial charge is 0.129 e. The molecule has 0 saturated carbocycles. The summed E-state index contributed by atoms with van der Waals surface area (Å²) >= 11 is 0. The molecule has 0 fully saturated rings. The van der Waals surface area contributed by atoms with E-state index in [-0.39, 0.29) is 0 Å². The monoisotopic (exact) mass is 91.1 g/mol. The van der Waals surface area contributed by atoms with Crippen molar-refractivity contribution >= 4 is 7.85 Å². The van der Waals surface area contributed by atoms with Crippen molar-refractivity contribution in [2.45, 2.75) is 13.8 Å². The zero-order valence-electron chi connectivity index (χ0n) is 4.52. The highest BCUT2D eigenvalue weighted by Gasteiger charge is 1.82. The highest BCUT2D eigenvalue weighted by Crippen LogP contribution is 1.93. The van der Waals surface area contributed by atoms with E-state index >= 15 is 0 Å². The molecule has 1 nitrogen and oxygen atoms in total. The first-order valence-electron chi connectivity index (χ1n) is 2.01. The molecule has 7 heavy (non-hydrogen) atoms. The summed E-state index contributed by atoms with van der Waals surface area (Å²) in [5, 5.41) is 8.07. The summed E-state index contributed by atoms with van der Waals surface area (Å²) in [5.41, 5.74) is 1.20. The summed E-state index contributed by atoms with van der Waals surface area (Å²) in [7, 11) is 5.13. The molecular weight excluding hydrogens is 84.9 g/mol. The Bertz CT molecular complexity index is 126. The summed E-state index contributed by atoms with van der Waals surface area (Å²) in [6.45, 7) is 3.61. The number of hydrogen-bond donors (Lipinski definition) is 0. The van der Waals surface area contributed by atoms with Crippen LogP contribution in [0.2, 0.25) is 0 Å². The Morgan fingerprint density at radius 2 is 2.00 bits per heavy atom. The van der Waals surface area contributed by atoms with Gasteiger partial charge in [0.2, 0.25) is 0 Å². The third-order valence-corrected chi connectivity index (χ3v) is 0.659. The minimum absolute atomic E-state index is 0.319. The Hall–Kier alpha value is -0.705. The number of rotatable bonds is 0. The minimum atomic E-state index is 0.319. The van der Waals surface area contributed by atoms with E-state index < -0.39 is 0 Å². The van der Waals surface area contributed by atoms with E-state index in [4.69, 9.17) is 13.1 Å². The van der Waals surface area contributed by atoms with Crippen molar-refractivity contribution in [2.75, 3.05) is 0 Å². The molecule has 0 amide bonds. The molecule has 0 aromatic rings. The van der Waals surface area contributed by atoms with Gasteiger partial charge in [0.1, 0.15) is 7.85 Å². The lowest BCUT2D eigenvalue weighted by atomic mass is 9.93. The van der Waals surface area contributed by atoms with Gasteiger partial charge < -0.3 is 0 Å². The minimum Gasteiger partial charge on any atom is -0.194 e. The Morgan fingerprint density at radius 3 is 2.00 bits per heavy atom. The van der Waals surface area contributed by atoms with Crippen LogP contribution in [0.25, 0.3) is 0 Å². The van der Waals surface area contributed by atoms with Crippen LogP contribution in [0.3, 0.4) is 0 Å². The molecule has 0 aliphatic heterocycles. The highest BCUT2D eigenvalue weighted by atomic mass is 14.2. The molecule has 0 spiro atoms. The maximum atomic E-state index is 8.07. The molecule has 0 unspecified atom stereocenters. The third-order valence-electron chi connectivity index (χ3n) is 0.659. The van der Waals surface area contributed by atoms with Crippen LogP contribution in [0.4, 0.5) is 0 Å². The van der Waals surface area contributed by atoms with Crippen LogP contribution in [-0.4, -0.2) is 7.85 Å². The second-order valence-electron chi connectivity index (χ2n) is 1.53. The number of allylic oxidation sites excluding steroid dienone is 2. The van der Waals surface area contributed by atoms with E-state index in [1.807, 2.05) is 6.07 Å². The average Bonchev–Trinajstić information content (AvgIpc) is 1.65. The van der Waals surface area contributed by atoms with Crippen LogP contribution in [-0.2, 0) is 0 Å². The largest absolute Gasteiger partial charge is 0.194 e. The van der Waals surface area contributed by atoms with Crippen LogP contribution in [0.1, 0.15) is 13.8 Å². The fourth-order valence-corrected chi connectivity index (χ4v) is 0.112. The van der Waals surface area contributed by atoms with Gasteiger partial charge in [-0.15, -0.1) is 0 Å². The Balaban J connectivity index is 4.07. The molecule has 0 bridgehead atoms. The summed E-state index contributed by atoms with van der Waals surface area (Å²) in [6.07, 6.45) is 0. The first-order valence-corrected chi connectivity index (χ1v) is 2.01. The molecular formula is C5H6BN. The van der Waals surface area contributed by atoms with Gasteiger partial charge in [0.05, 0.1) is 6.07 Å². The van der Waals surface area contributed by atoms with Crippen molar-refractivity contribution in [3.8, 4) is 6.07 Å². The first kappa shape index (κ1) is 6.29. The van der Waals surface area contributed by atoms with Gasteiger partial charge in [0, 0.05) is 0 Å². The molecule has 2 radical (unpaired) electrons. The predicted molar refractivity (Wildman–Crippen MR) is 29.7 cm³/mol. The first-order chi connectivity index (χ1) is 3.18. The molecule has 0 rings (SSSR count). The van der Waals surface area contributed by atoms with Gasteiger partial charge in [-0.1, -0.05) is 5.57 Å². The fraction of sp³-hybridized carbons (Fsp3) is 0.400. The van der Waals surface area contributed by atoms with Crippen molar-refractivity contribution in [2.24, 2.45) is 0 Å². The van der Waals surface area contributed by atoms with Gasteiger partial charge in [0.15, 0.2) is 0 Å². The lowest BCUT2D eigenvalue weighted by Gasteiger charge is -1.85. The van der Waals surface area contributed by atoms with E-state index in [1.54, 1.807) is 13.8 Å². The van der Waals surface area contributed by atoms with Gasteiger partial charge >= 0.3 is 0 Å². The second-order valence-corrected chi connectivity index (χ2v) is 1.53. The maximum absolute atomic E-state index is 8.07. The van der Waals surface area contributed by atoms with Crippen molar-refractivity contribution in [3.63, 3.8) is 0 Å². The molecule has 0 aliphatic carbocycles. The van der Waals surface area contributed by atoms with E-state index in [0.717, 1.165) is 5.57 Å². The number of nitrogens with zero attached hydrogens (tertiary/aromatic N) is 1. The second kappa shape index (κ2) is 2.46. The van der Waals surface area contributed by atoms with Crippen molar-refractivity contribution in [1.82, 2.24) is 0 Å². The van der Waals surface area contributed by atoms with Gasteiger partial charge in [-0.2, -0.15) is 5.26 Å². The molecule has 0 N–H and O–H groups in total. The molecule has 34 valence electrons. The molecule has 0 atom stereocenters. The van der Waals surface area contributed by atoms with Gasteiger partial charge in [-0.3, -0.25) is 0 Å². The van der Waals surface area contributed by atoms with Crippen LogP contribution in [0, 0.1) is 11.3 Å². The Kier molecular flexibility index (Phi) is 2.22. The standard InChI is InChI=1S/C5H6BN/c1-4(2)5(6)3-7/h1-2H3. The Morgan fingerprint density at radius 1 is 1.57 bits per heavy atom. The van der Waals surface area contributed by atoms with Crippen LogP contribution in [0.5, 0.6) is 0 Å². The lowest BCUT2D eigenvalue weighted by molar-refractivity contribution is 1.37. The van der Waals surface area contributed by atoms with Crippen LogP contribution >= 0.6 is 0 Å². The molecule has 2 heteroatoms. The topological polar surface area (TPSA) is 23.8 Å². The van der Waals surface area contributed by atoms with E-state index in [9.17, 15) is 0 Å². The molecule has 0 heterocycles. The molecule has 0 saturated heterocycles. The van der Waals surface area contributed by atoms with Gasteiger partial charge in [-0.05, 0) is 19.3 Å². The zero-order chi connectivity index (χ0) is 5.86. The summed E-state index contributed by atoms with van der Waals surface area (Å²) < 4.78 is 0. The number of hydrogen-bond acceptors (Lipinski definition) is 1. The van der Waals surface area contributed by atoms with E-state index in [2.05, 4.69) is 0 Å². The van der Waals surface area contributed by atoms with Crippen molar-refractivity contribution in [3.05, 3.63) is 11.0 Å². The van der Waals surface area contributed by atoms with Gasteiger partial charge in [-0.25, -0.2) is 0 Å². The quantitative estimate of drug-likeness (QED) is 0.322. The van der Waals surface area contributed by atoms with E-state index in [0.29, 0.717) is 5.47 Å². The fourth-order valence-electron chi connectivity index (χ4n) is 0.112. The molecule has 0 aromatic carbocycles. The molecule has 0 aliphatic rings. The SMILES string of the molecule is [B]C(C#N)=C(C)C.